The van der Waals surface area contributed by atoms with E-state index in [-0.39, 0.29) is 18.7 Å². The number of nitrogens with zero attached hydrogens (tertiary/aromatic N) is 1. The van der Waals surface area contributed by atoms with Gasteiger partial charge in [-0.3, -0.25) is 19.8 Å². The number of barbiturate groups is 1. The van der Waals surface area contributed by atoms with Crippen LogP contribution in [0.25, 0.3) is 6.08 Å². The Morgan fingerprint density at radius 2 is 1.84 bits per heavy atom. The molecule has 3 rings (SSSR count). The number of imide groups is 2. The van der Waals surface area contributed by atoms with E-state index >= 15 is 0 Å². The molecule has 0 saturated carbocycles. The molecular formula is C27H27BrN2O7. The fourth-order valence-electron chi connectivity index (χ4n) is 3.52. The van der Waals surface area contributed by atoms with E-state index in [0.29, 0.717) is 51.8 Å². The first-order chi connectivity index (χ1) is 17.8. The van der Waals surface area contributed by atoms with Crippen LogP contribution in [0.2, 0.25) is 0 Å². The number of hydrogen-bond acceptors (Lipinski definition) is 7. The van der Waals surface area contributed by atoms with Crippen LogP contribution in [0.15, 0.2) is 40.4 Å². The molecule has 194 valence electrons. The average molecular weight is 571 g/mol. The van der Waals surface area contributed by atoms with Crippen LogP contribution in [0.1, 0.15) is 31.4 Å². The van der Waals surface area contributed by atoms with Crippen LogP contribution in [-0.2, 0) is 16.1 Å². The van der Waals surface area contributed by atoms with E-state index in [2.05, 4.69) is 27.2 Å². The average Bonchev–Trinajstić information content (AvgIpc) is 2.87. The smallest absolute Gasteiger partial charge is 0.331 e. The highest BCUT2D eigenvalue weighted by molar-refractivity contribution is 9.10. The number of carbonyl (C=O) groups excluding carboxylic acids is 3. The molecule has 1 aliphatic heterocycles. The molecule has 1 N–H and O–H groups in total. The third kappa shape index (κ3) is 6.62. The summed E-state index contributed by atoms with van der Waals surface area (Å²) in [6.07, 6.45) is 7.51. The Bertz CT molecular complexity index is 1270. The SMILES string of the molecule is C#CCOc1c(Br)cc(/C=C2\C(=O)NC(=O)N(Cc3ccc(OCCC)c(OC)c3)C2=O)cc1OCC. The van der Waals surface area contributed by atoms with Crippen molar-refractivity contribution >= 4 is 39.9 Å². The minimum Gasteiger partial charge on any atom is -0.493 e. The summed E-state index contributed by atoms with van der Waals surface area (Å²) in [6, 6.07) is 7.60. The second-order valence-electron chi connectivity index (χ2n) is 7.80. The topological polar surface area (TPSA) is 103 Å². The van der Waals surface area contributed by atoms with Gasteiger partial charge in [0.15, 0.2) is 23.0 Å². The molecule has 10 heteroatoms. The lowest BCUT2D eigenvalue weighted by Gasteiger charge is -2.26. The predicted molar refractivity (Wildman–Crippen MR) is 140 cm³/mol. The van der Waals surface area contributed by atoms with Gasteiger partial charge in [-0.05, 0) is 70.7 Å². The molecule has 0 spiro atoms. The summed E-state index contributed by atoms with van der Waals surface area (Å²) >= 11 is 3.42. The van der Waals surface area contributed by atoms with Crippen LogP contribution in [0.5, 0.6) is 23.0 Å². The third-order valence-electron chi connectivity index (χ3n) is 5.16. The Kier molecular flexibility index (Phi) is 9.57. The summed E-state index contributed by atoms with van der Waals surface area (Å²) in [7, 11) is 1.51. The first-order valence-corrected chi connectivity index (χ1v) is 12.3. The largest absolute Gasteiger partial charge is 0.493 e. The lowest BCUT2D eigenvalue weighted by atomic mass is 10.1. The monoisotopic (exact) mass is 570 g/mol. The Balaban J connectivity index is 1.91. The number of methoxy groups -OCH3 is 1. The van der Waals surface area contributed by atoms with E-state index in [1.165, 1.54) is 13.2 Å². The van der Waals surface area contributed by atoms with Crippen molar-refractivity contribution in [1.82, 2.24) is 10.2 Å². The molecule has 1 aliphatic rings. The molecule has 0 unspecified atom stereocenters. The summed E-state index contributed by atoms with van der Waals surface area (Å²) in [4.78, 5) is 39.3. The molecular weight excluding hydrogens is 544 g/mol. The van der Waals surface area contributed by atoms with Gasteiger partial charge >= 0.3 is 6.03 Å². The zero-order valence-electron chi connectivity index (χ0n) is 20.8. The number of halogens is 1. The van der Waals surface area contributed by atoms with Crippen molar-refractivity contribution in [2.45, 2.75) is 26.8 Å². The van der Waals surface area contributed by atoms with Gasteiger partial charge in [0.2, 0.25) is 0 Å². The Morgan fingerprint density at radius 3 is 2.51 bits per heavy atom. The molecule has 0 aliphatic carbocycles. The van der Waals surface area contributed by atoms with Gasteiger partial charge in [-0.2, -0.15) is 0 Å². The zero-order chi connectivity index (χ0) is 26.9. The Labute approximate surface area is 223 Å². The number of hydrogen-bond donors (Lipinski definition) is 1. The van der Waals surface area contributed by atoms with Crippen LogP contribution >= 0.6 is 15.9 Å². The van der Waals surface area contributed by atoms with Gasteiger partial charge in [-0.15, -0.1) is 6.42 Å². The Hall–Kier alpha value is -3.97. The fourth-order valence-corrected chi connectivity index (χ4v) is 4.09. The number of ether oxygens (including phenoxy) is 4. The molecule has 1 saturated heterocycles. The molecule has 9 nitrogen and oxygen atoms in total. The number of carbonyl (C=O) groups is 3. The lowest BCUT2D eigenvalue weighted by molar-refractivity contribution is -0.130. The van der Waals surface area contributed by atoms with Crippen LogP contribution in [0.3, 0.4) is 0 Å². The van der Waals surface area contributed by atoms with Crippen molar-refractivity contribution in [3.8, 4) is 35.3 Å². The van der Waals surface area contributed by atoms with Gasteiger partial charge in [0, 0.05) is 0 Å². The summed E-state index contributed by atoms with van der Waals surface area (Å²) in [5.41, 5.74) is 0.894. The van der Waals surface area contributed by atoms with Crippen LogP contribution in [0, 0.1) is 12.3 Å². The molecule has 2 aromatic rings. The van der Waals surface area contributed by atoms with Crippen molar-refractivity contribution in [3.63, 3.8) is 0 Å². The highest BCUT2D eigenvalue weighted by atomic mass is 79.9. The molecule has 0 aromatic heterocycles. The van der Waals surface area contributed by atoms with Gasteiger partial charge in [0.25, 0.3) is 11.8 Å². The maximum absolute atomic E-state index is 13.3. The number of urea groups is 1. The van der Waals surface area contributed by atoms with Crippen LogP contribution in [0.4, 0.5) is 4.79 Å². The maximum atomic E-state index is 13.3. The molecule has 1 heterocycles. The van der Waals surface area contributed by atoms with Crippen molar-refractivity contribution < 1.29 is 33.3 Å². The van der Waals surface area contributed by atoms with Gasteiger partial charge in [-0.1, -0.05) is 18.9 Å². The van der Waals surface area contributed by atoms with Gasteiger partial charge < -0.3 is 18.9 Å². The van der Waals surface area contributed by atoms with E-state index < -0.39 is 17.8 Å². The zero-order valence-corrected chi connectivity index (χ0v) is 22.3. The predicted octanol–water partition coefficient (Wildman–Crippen LogP) is 4.32. The molecule has 1 fully saturated rings. The summed E-state index contributed by atoms with van der Waals surface area (Å²) in [5.74, 6) is 2.68. The fraction of sp³-hybridized carbons (Fsp3) is 0.296. The third-order valence-corrected chi connectivity index (χ3v) is 5.75. The van der Waals surface area contributed by atoms with E-state index in [4.69, 9.17) is 25.4 Å². The minimum atomic E-state index is -0.813. The van der Waals surface area contributed by atoms with Gasteiger partial charge in [-0.25, -0.2) is 4.79 Å². The molecule has 0 atom stereocenters. The normalized spacial score (nSPS) is 14.3. The summed E-state index contributed by atoms with van der Waals surface area (Å²) in [6.45, 7) is 4.64. The Morgan fingerprint density at radius 1 is 1.05 bits per heavy atom. The summed E-state index contributed by atoms with van der Waals surface area (Å²) in [5, 5.41) is 2.23. The van der Waals surface area contributed by atoms with E-state index in [9.17, 15) is 14.4 Å². The van der Waals surface area contributed by atoms with Crippen LogP contribution in [-0.4, -0.2) is 49.7 Å². The van der Waals surface area contributed by atoms with Gasteiger partial charge in [0.05, 0.1) is 31.3 Å². The first kappa shape index (κ1) is 27.6. The second-order valence-corrected chi connectivity index (χ2v) is 8.65. The second kappa shape index (κ2) is 12.8. The van der Waals surface area contributed by atoms with Crippen molar-refractivity contribution in [3.05, 3.63) is 51.5 Å². The highest BCUT2D eigenvalue weighted by Gasteiger charge is 2.36. The van der Waals surface area contributed by atoms with E-state index in [0.717, 1.165) is 11.3 Å². The standard InChI is InChI=1S/C27H27BrN2O7/c1-5-10-36-21-9-8-17(14-22(21)34-4)16-30-26(32)19(25(31)29-27(30)33)12-18-13-20(28)24(37-11-6-2)23(15-18)35-7-3/h2,8-9,12-15H,5,7,10-11,16H2,1,3-4H3,(H,29,31,33)/b19-12+. The lowest BCUT2D eigenvalue weighted by Crippen LogP contribution is -2.53. The van der Waals surface area contributed by atoms with E-state index in [1.807, 2.05) is 13.8 Å². The number of terminal acetylenes is 1. The molecule has 0 bridgehead atoms. The molecule has 37 heavy (non-hydrogen) atoms. The molecule has 0 radical (unpaired) electrons. The number of nitrogens with one attached hydrogen (secondary N) is 1. The van der Waals surface area contributed by atoms with Crippen LogP contribution < -0.4 is 24.3 Å². The quantitative estimate of drug-likeness (QED) is 0.244. The molecule has 4 amide bonds. The summed E-state index contributed by atoms with van der Waals surface area (Å²) < 4.78 is 22.8. The van der Waals surface area contributed by atoms with E-state index in [1.54, 1.807) is 30.3 Å². The number of benzene rings is 2. The number of amides is 4. The first-order valence-electron chi connectivity index (χ1n) is 11.5. The van der Waals surface area contributed by atoms with Crippen molar-refractivity contribution in [1.29, 1.82) is 0 Å². The van der Waals surface area contributed by atoms with Crippen molar-refractivity contribution in [2.24, 2.45) is 0 Å². The van der Waals surface area contributed by atoms with Crippen molar-refractivity contribution in [2.75, 3.05) is 26.9 Å². The maximum Gasteiger partial charge on any atom is 0.331 e. The number of rotatable bonds is 11. The van der Waals surface area contributed by atoms with Gasteiger partial charge in [0.1, 0.15) is 12.2 Å². The molecule has 2 aromatic carbocycles. The highest BCUT2D eigenvalue weighted by Crippen LogP contribution is 2.38. The minimum absolute atomic E-state index is 0.0353.